The molecule has 0 radical (unpaired) electrons. The molecule has 0 saturated heterocycles. The van der Waals surface area contributed by atoms with Gasteiger partial charge in [0.2, 0.25) is 0 Å². The minimum atomic E-state index is -0.171. The summed E-state index contributed by atoms with van der Waals surface area (Å²) >= 11 is 0. The molecule has 1 atom stereocenters. The number of benzene rings is 1. The number of hydrogen-bond acceptors (Lipinski definition) is 2. The van der Waals surface area contributed by atoms with Crippen molar-refractivity contribution in [2.75, 3.05) is 24.5 Å². The van der Waals surface area contributed by atoms with Gasteiger partial charge in [-0.2, -0.15) is 0 Å². The van der Waals surface area contributed by atoms with Crippen LogP contribution in [0.2, 0.25) is 0 Å². The van der Waals surface area contributed by atoms with Crippen LogP contribution >= 0.6 is 0 Å². The molecule has 0 amide bonds. The van der Waals surface area contributed by atoms with Crippen molar-refractivity contribution in [3.8, 4) is 0 Å². The Kier molecular flexibility index (Phi) is 8.28. The summed E-state index contributed by atoms with van der Waals surface area (Å²) in [5, 5.41) is 0. The van der Waals surface area contributed by atoms with Crippen LogP contribution in [0.3, 0.4) is 0 Å². The maximum Gasteiger partial charge on any atom is 0.123 e. The van der Waals surface area contributed by atoms with Crippen LogP contribution in [0.1, 0.15) is 46.0 Å². The van der Waals surface area contributed by atoms with Crippen molar-refractivity contribution in [1.29, 1.82) is 0 Å². The Morgan fingerprint density at radius 3 is 2.35 bits per heavy atom. The van der Waals surface area contributed by atoms with E-state index < -0.39 is 0 Å². The highest BCUT2D eigenvalue weighted by Crippen LogP contribution is 2.19. The van der Waals surface area contributed by atoms with Gasteiger partial charge in [-0.15, -0.1) is 0 Å². The molecule has 114 valence electrons. The normalized spacial score (nSPS) is 12.4. The second kappa shape index (κ2) is 9.76. The maximum absolute atomic E-state index is 13.0. The second-order valence-electron chi connectivity index (χ2n) is 5.43. The van der Waals surface area contributed by atoms with E-state index in [0.29, 0.717) is 0 Å². The summed E-state index contributed by atoms with van der Waals surface area (Å²) in [5.74, 6) is 0.590. The summed E-state index contributed by atoms with van der Waals surface area (Å²) in [6, 6.07) is 6.79. The van der Waals surface area contributed by atoms with E-state index in [2.05, 4.69) is 18.7 Å². The summed E-state index contributed by atoms with van der Waals surface area (Å²) in [6.45, 7) is 7.17. The number of nitrogens with zero attached hydrogens (tertiary/aromatic N) is 1. The van der Waals surface area contributed by atoms with Crippen LogP contribution < -0.4 is 10.6 Å². The van der Waals surface area contributed by atoms with Crippen LogP contribution in [-0.2, 0) is 0 Å². The molecule has 1 unspecified atom stereocenters. The lowest BCUT2D eigenvalue weighted by molar-refractivity contribution is 0.409. The monoisotopic (exact) mass is 280 g/mol. The third-order valence-electron chi connectivity index (χ3n) is 3.89. The first-order valence-electron chi connectivity index (χ1n) is 7.91. The van der Waals surface area contributed by atoms with Crippen molar-refractivity contribution in [3.05, 3.63) is 30.1 Å². The molecule has 0 fully saturated rings. The standard InChI is InChI=1S/C17H29FN2/c1-3-6-15(12-13-19)7-5-14-20(4-2)17-10-8-16(18)9-11-17/h8-11,15H,3-7,12-14,19H2,1-2H3. The van der Waals surface area contributed by atoms with Crippen LogP contribution in [0.15, 0.2) is 24.3 Å². The fourth-order valence-electron chi connectivity index (χ4n) is 2.77. The number of anilines is 1. The van der Waals surface area contributed by atoms with Crippen molar-refractivity contribution in [1.82, 2.24) is 0 Å². The van der Waals surface area contributed by atoms with E-state index in [4.69, 9.17) is 5.73 Å². The van der Waals surface area contributed by atoms with Gasteiger partial charge >= 0.3 is 0 Å². The number of halogens is 1. The molecule has 0 aliphatic carbocycles. The molecule has 0 aromatic heterocycles. The molecule has 1 rings (SSSR count). The average molecular weight is 280 g/mol. The molecule has 2 N–H and O–H groups in total. The van der Waals surface area contributed by atoms with Gasteiger partial charge in [0.15, 0.2) is 0 Å². The summed E-state index contributed by atoms with van der Waals surface area (Å²) in [4.78, 5) is 2.31. The van der Waals surface area contributed by atoms with E-state index in [0.717, 1.165) is 37.7 Å². The van der Waals surface area contributed by atoms with Crippen molar-refractivity contribution in [2.24, 2.45) is 11.7 Å². The Morgan fingerprint density at radius 1 is 1.10 bits per heavy atom. The minimum Gasteiger partial charge on any atom is -0.372 e. The first kappa shape index (κ1) is 17.0. The first-order chi connectivity index (χ1) is 9.71. The highest BCUT2D eigenvalue weighted by atomic mass is 19.1. The molecule has 0 spiro atoms. The molecular weight excluding hydrogens is 251 g/mol. The van der Waals surface area contributed by atoms with E-state index in [1.54, 1.807) is 0 Å². The third-order valence-corrected chi connectivity index (χ3v) is 3.89. The van der Waals surface area contributed by atoms with Crippen molar-refractivity contribution < 1.29 is 4.39 Å². The van der Waals surface area contributed by atoms with Gasteiger partial charge in [-0.25, -0.2) is 4.39 Å². The topological polar surface area (TPSA) is 29.3 Å². The van der Waals surface area contributed by atoms with E-state index in [9.17, 15) is 4.39 Å². The lowest BCUT2D eigenvalue weighted by atomic mass is 9.94. The van der Waals surface area contributed by atoms with Gasteiger partial charge in [-0.05, 0) is 62.9 Å². The molecule has 0 saturated carbocycles. The van der Waals surface area contributed by atoms with Gasteiger partial charge in [0, 0.05) is 18.8 Å². The third kappa shape index (κ3) is 5.91. The quantitative estimate of drug-likeness (QED) is 0.696. The average Bonchev–Trinajstić information content (AvgIpc) is 2.45. The van der Waals surface area contributed by atoms with Gasteiger partial charge in [0.05, 0.1) is 0 Å². The van der Waals surface area contributed by atoms with E-state index >= 15 is 0 Å². The molecular formula is C17H29FN2. The Hall–Kier alpha value is -1.09. The van der Waals surface area contributed by atoms with Gasteiger partial charge < -0.3 is 10.6 Å². The predicted molar refractivity (Wildman–Crippen MR) is 85.6 cm³/mol. The maximum atomic E-state index is 13.0. The molecule has 2 nitrogen and oxygen atoms in total. The smallest absolute Gasteiger partial charge is 0.123 e. The number of hydrogen-bond donors (Lipinski definition) is 1. The van der Waals surface area contributed by atoms with Crippen molar-refractivity contribution in [3.63, 3.8) is 0 Å². The zero-order valence-corrected chi connectivity index (χ0v) is 12.9. The van der Waals surface area contributed by atoms with Crippen molar-refractivity contribution in [2.45, 2.75) is 46.0 Å². The molecule has 3 heteroatoms. The highest BCUT2D eigenvalue weighted by molar-refractivity contribution is 5.45. The Bertz CT molecular complexity index is 345. The first-order valence-corrected chi connectivity index (χ1v) is 7.91. The lowest BCUT2D eigenvalue weighted by Crippen LogP contribution is -2.24. The molecule has 0 bridgehead atoms. The van der Waals surface area contributed by atoms with Gasteiger partial charge in [0.25, 0.3) is 0 Å². The number of nitrogens with two attached hydrogens (primary N) is 1. The summed E-state index contributed by atoms with van der Waals surface area (Å²) in [5.41, 5.74) is 6.79. The predicted octanol–water partition coefficient (Wildman–Crippen LogP) is 4.20. The van der Waals surface area contributed by atoms with Crippen LogP contribution in [-0.4, -0.2) is 19.6 Å². The second-order valence-corrected chi connectivity index (χ2v) is 5.43. The van der Waals surface area contributed by atoms with Crippen LogP contribution in [0.4, 0.5) is 10.1 Å². The molecule has 0 aliphatic heterocycles. The van der Waals surface area contributed by atoms with Crippen LogP contribution in [0.5, 0.6) is 0 Å². The molecule has 1 aromatic rings. The molecule has 20 heavy (non-hydrogen) atoms. The fraction of sp³-hybridized carbons (Fsp3) is 0.647. The fourth-order valence-corrected chi connectivity index (χ4v) is 2.77. The Balaban J connectivity index is 2.42. The highest BCUT2D eigenvalue weighted by Gasteiger charge is 2.09. The van der Waals surface area contributed by atoms with Gasteiger partial charge in [-0.3, -0.25) is 0 Å². The summed E-state index contributed by atoms with van der Waals surface area (Å²) in [6.07, 6.45) is 6.06. The lowest BCUT2D eigenvalue weighted by Gasteiger charge is -2.24. The zero-order valence-electron chi connectivity index (χ0n) is 12.9. The number of rotatable bonds is 10. The summed E-state index contributed by atoms with van der Waals surface area (Å²) < 4.78 is 13.0. The van der Waals surface area contributed by atoms with Crippen molar-refractivity contribution >= 4 is 5.69 Å². The largest absolute Gasteiger partial charge is 0.372 e. The van der Waals surface area contributed by atoms with Crippen LogP contribution in [0.25, 0.3) is 0 Å². The Labute approximate surface area is 123 Å². The molecule has 1 aromatic carbocycles. The Morgan fingerprint density at radius 2 is 1.80 bits per heavy atom. The minimum absolute atomic E-state index is 0.171. The van der Waals surface area contributed by atoms with E-state index in [1.807, 2.05) is 12.1 Å². The zero-order chi connectivity index (χ0) is 14.8. The van der Waals surface area contributed by atoms with Crippen LogP contribution in [0, 0.1) is 11.7 Å². The van der Waals surface area contributed by atoms with Gasteiger partial charge in [0.1, 0.15) is 5.82 Å². The summed E-state index contributed by atoms with van der Waals surface area (Å²) in [7, 11) is 0. The van der Waals surface area contributed by atoms with E-state index in [-0.39, 0.29) is 5.82 Å². The molecule has 0 aliphatic rings. The SMILES string of the molecule is CCCC(CCN)CCCN(CC)c1ccc(F)cc1. The molecule has 0 heterocycles. The van der Waals surface area contributed by atoms with E-state index in [1.165, 1.54) is 37.8 Å². The van der Waals surface area contributed by atoms with Gasteiger partial charge in [-0.1, -0.05) is 19.8 Å².